The molecule has 0 bridgehead atoms. The molecule has 1 unspecified atom stereocenters. The van der Waals surface area contributed by atoms with E-state index in [2.05, 4.69) is 45.6 Å². The molecule has 7 nitrogen and oxygen atoms in total. The van der Waals surface area contributed by atoms with Crippen LogP contribution in [0.15, 0.2) is 47.5 Å². The molecule has 41 heavy (non-hydrogen) atoms. The molecule has 216 valence electrons. The monoisotopic (exact) mass is 592 g/mol. The van der Waals surface area contributed by atoms with Crippen molar-refractivity contribution < 1.29 is 4.79 Å². The molecule has 1 atom stereocenters. The maximum absolute atomic E-state index is 14.1. The number of piperidine rings is 1. The highest BCUT2D eigenvalue weighted by Gasteiger charge is 2.49. The van der Waals surface area contributed by atoms with Gasteiger partial charge in [-0.2, -0.15) is 10.5 Å². The Balaban J connectivity index is 2.02. The maximum atomic E-state index is 14.1. The molecule has 2 aromatic rings. The highest BCUT2D eigenvalue weighted by atomic mass is 35.5. The van der Waals surface area contributed by atoms with Crippen molar-refractivity contribution in [2.75, 3.05) is 39.4 Å². The molecule has 0 aromatic heterocycles. The smallest absolute Gasteiger partial charge is 0.251 e. The first kappa shape index (κ1) is 31.0. The van der Waals surface area contributed by atoms with Crippen LogP contribution in [0.5, 0.6) is 0 Å². The van der Waals surface area contributed by atoms with Gasteiger partial charge in [0.25, 0.3) is 5.91 Å². The lowest BCUT2D eigenvalue weighted by Gasteiger charge is -2.45. The number of nitriles is 2. The Kier molecular flexibility index (Phi) is 10.8. The number of likely N-dealkylation sites (tertiary alicyclic amines) is 1. The number of hydrogen-bond acceptors (Lipinski definition) is 6. The maximum Gasteiger partial charge on any atom is 0.251 e. The van der Waals surface area contributed by atoms with Crippen LogP contribution in [0.25, 0.3) is 0 Å². The summed E-state index contributed by atoms with van der Waals surface area (Å²) in [6.07, 6.45) is 4.66. The van der Waals surface area contributed by atoms with Gasteiger partial charge in [-0.15, -0.1) is 0 Å². The third-order valence-corrected chi connectivity index (χ3v) is 8.60. The molecule has 0 spiro atoms. The van der Waals surface area contributed by atoms with E-state index in [9.17, 15) is 15.3 Å². The highest BCUT2D eigenvalue weighted by Crippen LogP contribution is 2.44. The zero-order valence-corrected chi connectivity index (χ0v) is 25.4. The minimum Gasteiger partial charge on any atom is -0.352 e. The third-order valence-electron chi connectivity index (χ3n) is 8.17. The number of rotatable bonds is 10. The quantitative estimate of drug-likeness (QED) is 0.281. The van der Waals surface area contributed by atoms with Gasteiger partial charge in [0.15, 0.2) is 0 Å². The standard InChI is InChI=1S/C32H38Cl2N6O/c1-3-10-38-31(41)30(26(19-35)20-36)32(40-14-11-37-22-40,18-24-15-27(33)17-28(34)16-24)29-9-7-8-25(23(29)2)21-39-12-5-4-6-13-39/h7-9,15-17,37H,3-6,10-14,18,21-22H2,1-2H3,(H,38,41). The minimum absolute atomic E-state index is 0.161. The number of amides is 1. The van der Waals surface area contributed by atoms with E-state index < -0.39 is 11.4 Å². The highest BCUT2D eigenvalue weighted by molar-refractivity contribution is 6.34. The molecule has 1 amide bonds. The number of allylic oxidation sites excluding steroid dienone is 1. The second kappa shape index (κ2) is 14.3. The average Bonchev–Trinajstić information content (AvgIpc) is 3.51. The second-order valence-corrected chi connectivity index (χ2v) is 11.8. The first-order valence-corrected chi connectivity index (χ1v) is 15.1. The molecule has 2 N–H and O–H groups in total. The number of carbonyl (C=O) groups is 1. The fraction of sp³-hybridized carbons (Fsp3) is 0.469. The fourth-order valence-electron chi connectivity index (χ4n) is 6.23. The molecule has 2 aromatic carbocycles. The van der Waals surface area contributed by atoms with E-state index in [4.69, 9.17) is 23.2 Å². The largest absolute Gasteiger partial charge is 0.352 e. The Hall–Kier alpha value is -2.91. The Morgan fingerprint density at radius 2 is 1.78 bits per heavy atom. The van der Waals surface area contributed by atoms with Gasteiger partial charge < -0.3 is 10.6 Å². The zero-order valence-electron chi connectivity index (χ0n) is 23.9. The van der Waals surface area contributed by atoms with Crippen LogP contribution in [0, 0.1) is 29.6 Å². The van der Waals surface area contributed by atoms with Crippen LogP contribution >= 0.6 is 23.2 Å². The van der Waals surface area contributed by atoms with Gasteiger partial charge in [-0.3, -0.25) is 14.6 Å². The van der Waals surface area contributed by atoms with Crippen molar-refractivity contribution >= 4 is 29.1 Å². The lowest BCUT2D eigenvalue weighted by atomic mass is 9.72. The van der Waals surface area contributed by atoms with Crippen molar-refractivity contribution in [3.05, 3.63) is 79.8 Å². The summed E-state index contributed by atoms with van der Waals surface area (Å²) < 4.78 is 0. The lowest BCUT2D eigenvalue weighted by Crippen LogP contribution is -2.53. The van der Waals surface area contributed by atoms with Crippen molar-refractivity contribution in [3.63, 3.8) is 0 Å². The minimum atomic E-state index is -1.14. The summed E-state index contributed by atoms with van der Waals surface area (Å²) in [5.74, 6) is -0.411. The van der Waals surface area contributed by atoms with Gasteiger partial charge in [0, 0.05) is 42.9 Å². The Morgan fingerprint density at radius 1 is 1.07 bits per heavy atom. The molecule has 2 saturated heterocycles. The average molecular weight is 594 g/mol. The van der Waals surface area contributed by atoms with Crippen molar-refractivity contribution in [2.45, 2.75) is 58.0 Å². The molecular weight excluding hydrogens is 555 g/mol. The van der Waals surface area contributed by atoms with Crippen LogP contribution in [0.2, 0.25) is 10.0 Å². The van der Waals surface area contributed by atoms with E-state index in [1.54, 1.807) is 6.07 Å². The van der Waals surface area contributed by atoms with Gasteiger partial charge in [0.1, 0.15) is 17.7 Å². The summed E-state index contributed by atoms with van der Waals surface area (Å²) in [5, 5.41) is 27.8. The van der Waals surface area contributed by atoms with E-state index in [1.165, 1.54) is 24.8 Å². The summed E-state index contributed by atoms with van der Waals surface area (Å²) in [4.78, 5) is 18.8. The van der Waals surface area contributed by atoms with E-state index in [-0.39, 0.29) is 11.1 Å². The van der Waals surface area contributed by atoms with E-state index >= 15 is 0 Å². The van der Waals surface area contributed by atoms with Crippen molar-refractivity contribution in [1.29, 1.82) is 10.5 Å². The molecule has 2 aliphatic heterocycles. The van der Waals surface area contributed by atoms with Gasteiger partial charge in [-0.25, -0.2) is 0 Å². The van der Waals surface area contributed by atoms with E-state index in [0.29, 0.717) is 42.8 Å². The lowest BCUT2D eigenvalue weighted by molar-refractivity contribution is -0.119. The van der Waals surface area contributed by atoms with Crippen LogP contribution in [-0.2, 0) is 23.3 Å². The second-order valence-electron chi connectivity index (χ2n) is 10.9. The number of carbonyl (C=O) groups excluding carboxylic acids is 1. The van der Waals surface area contributed by atoms with Crippen LogP contribution in [0.3, 0.4) is 0 Å². The predicted molar refractivity (Wildman–Crippen MR) is 163 cm³/mol. The van der Waals surface area contributed by atoms with Gasteiger partial charge >= 0.3 is 0 Å². The number of benzene rings is 2. The van der Waals surface area contributed by atoms with E-state index in [0.717, 1.165) is 42.7 Å². The molecule has 2 fully saturated rings. The van der Waals surface area contributed by atoms with Crippen molar-refractivity contribution in [3.8, 4) is 12.1 Å². The van der Waals surface area contributed by atoms with E-state index in [1.807, 2.05) is 31.2 Å². The Bertz CT molecular complexity index is 1330. The molecule has 2 aliphatic rings. The summed E-state index contributed by atoms with van der Waals surface area (Å²) in [6.45, 7) is 9.24. The van der Waals surface area contributed by atoms with Crippen LogP contribution < -0.4 is 10.6 Å². The first-order valence-electron chi connectivity index (χ1n) is 14.4. The molecule has 9 heteroatoms. The van der Waals surface area contributed by atoms with Crippen molar-refractivity contribution in [1.82, 2.24) is 20.4 Å². The number of halogens is 2. The summed E-state index contributed by atoms with van der Waals surface area (Å²) in [5.41, 5.74) is 2.76. The predicted octanol–water partition coefficient (Wildman–Crippen LogP) is 5.46. The number of hydrogen-bond donors (Lipinski definition) is 2. The van der Waals surface area contributed by atoms with Crippen LogP contribution in [0.4, 0.5) is 0 Å². The normalized spacial score (nSPS) is 17.3. The van der Waals surface area contributed by atoms with Crippen molar-refractivity contribution in [2.24, 2.45) is 0 Å². The fourth-order valence-corrected chi connectivity index (χ4v) is 6.80. The molecule has 2 heterocycles. The Labute approximate surface area is 253 Å². The van der Waals surface area contributed by atoms with Gasteiger partial charge in [-0.05, 0) is 86.1 Å². The molecule has 0 radical (unpaired) electrons. The summed E-state index contributed by atoms with van der Waals surface area (Å²) >= 11 is 12.9. The molecule has 0 saturated carbocycles. The summed E-state index contributed by atoms with van der Waals surface area (Å²) in [6, 6.07) is 15.7. The Morgan fingerprint density at radius 3 is 2.39 bits per heavy atom. The molecule has 0 aliphatic carbocycles. The van der Waals surface area contributed by atoms with Gasteiger partial charge in [-0.1, -0.05) is 54.7 Å². The molecular formula is C32H38Cl2N6O. The van der Waals surface area contributed by atoms with Crippen LogP contribution in [0.1, 0.15) is 54.9 Å². The summed E-state index contributed by atoms with van der Waals surface area (Å²) in [7, 11) is 0. The number of nitrogens with zero attached hydrogens (tertiary/aromatic N) is 4. The number of nitrogens with one attached hydrogen (secondary N) is 2. The zero-order chi connectivity index (χ0) is 29.4. The topological polar surface area (TPSA) is 95.2 Å². The first-order chi connectivity index (χ1) is 19.8. The van der Waals surface area contributed by atoms with Gasteiger partial charge in [0.2, 0.25) is 0 Å². The molecule has 4 rings (SSSR count). The third kappa shape index (κ3) is 6.95. The van der Waals surface area contributed by atoms with Crippen LogP contribution in [-0.4, -0.2) is 55.1 Å². The SMILES string of the molecule is CCCNC(=O)C(=C(C#N)C#N)C(Cc1cc(Cl)cc(Cl)c1)(c1cccc(CN2CCCCC2)c1C)N1CCNC1. The van der Waals surface area contributed by atoms with Gasteiger partial charge in [0.05, 0.1) is 11.1 Å².